The molecule has 1 aliphatic heterocycles. The maximum Gasteiger partial charge on any atom is 0.295 e. The molecule has 1 aliphatic rings. The molecule has 2 aromatic carbocycles. The molecule has 1 atom stereocenters. The molecule has 0 bridgehead atoms. The molecule has 1 fully saturated rings. The molecular weight excluding hydrogens is 500 g/mol. The maximum absolute atomic E-state index is 13.5. The largest absolute Gasteiger partial charge is 0.507 e. The van der Waals surface area contributed by atoms with Crippen LogP contribution >= 0.6 is 0 Å². The van der Waals surface area contributed by atoms with Crippen molar-refractivity contribution in [2.75, 3.05) is 55.6 Å². The predicted octanol–water partition coefficient (Wildman–Crippen LogP) is 4.39. The van der Waals surface area contributed by atoms with Gasteiger partial charge >= 0.3 is 0 Å². The van der Waals surface area contributed by atoms with Gasteiger partial charge in [-0.1, -0.05) is 20.8 Å². The van der Waals surface area contributed by atoms with Gasteiger partial charge in [0.25, 0.3) is 11.7 Å². The van der Waals surface area contributed by atoms with Gasteiger partial charge in [-0.2, -0.15) is 0 Å². The van der Waals surface area contributed by atoms with Gasteiger partial charge in [0.05, 0.1) is 40.1 Å². The second-order valence-corrected chi connectivity index (χ2v) is 10.8. The number of carbonyl (C=O) groups excluding carboxylic acids is 2. The van der Waals surface area contributed by atoms with E-state index in [2.05, 4.69) is 0 Å². The van der Waals surface area contributed by atoms with E-state index in [4.69, 9.17) is 18.9 Å². The lowest BCUT2D eigenvalue weighted by Crippen LogP contribution is -2.32. The van der Waals surface area contributed by atoms with Gasteiger partial charge in [-0.15, -0.1) is 0 Å². The lowest BCUT2D eigenvalue weighted by molar-refractivity contribution is -0.139. The summed E-state index contributed by atoms with van der Waals surface area (Å²) >= 11 is 0. The zero-order valence-electron chi connectivity index (χ0n) is 24.4. The molecule has 0 spiro atoms. The standard InChI is InChI=1S/C30H40N2O7/c1-30(2,3)20-15-18(11-12-21(20)36-6)26(33)24-25(32(29(35)27(24)34)14-10-13-31(4)5)19-16-22(37-7)28(39-9)23(17-19)38-8/h11-12,15-17,25,33H,10,13-14H2,1-9H3/b26-24+. The van der Waals surface area contributed by atoms with Crippen molar-refractivity contribution in [3.8, 4) is 23.0 Å². The maximum atomic E-state index is 13.5. The first-order chi connectivity index (χ1) is 18.4. The minimum absolute atomic E-state index is 0.00384. The van der Waals surface area contributed by atoms with Crippen LogP contribution in [-0.4, -0.2) is 82.2 Å². The Kier molecular flexibility index (Phi) is 9.17. The summed E-state index contributed by atoms with van der Waals surface area (Å²) in [6, 6.07) is 7.81. The first kappa shape index (κ1) is 29.8. The van der Waals surface area contributed by atoms with Gasteiger partial charge in [0.15, 0.2) is 11.5 Å². The van der Waals surface area contributed by atoms with Crippen molar-refractivity contribution >= 4 is 17.4 Å². The molecule has 39 heavy (non-hydrogen) atoms. The number of aliphatic hydroxyl groups is 1. The molecular formula is C30H40N2O7. The third kappa shape index (κ3) is 5.98. The van der Waals surface area contributed by atoms with Crippen LogP contribution < -0.4 is 18.9 Å². The van der Waals surface area contributed by atoms with Crippen molar-refractivity contribution in [3.63, 3.8) is 0 Å². The Labute approximate surface area is 230 Å². The molecule has 0 radical (unpaired) electrons. The van der Waals surface area contributed by atoms with Gasteiger partial charge in [-0.3, -0.25) is 9.59 Å². The Balaban J connectivity index is 2.28. The van der Waals surface area contributed by atoms with Crippen LogP contribution in [0.25, 0.3) is 5.76 Å². The van der Waals surface area contributed by atoms with Crippen molar-refractivity contribution < 1.29 is 33.6 Å². The number of nitrogens with zero attached hydrogens (tertiary/aromatic N) is 2. The molecule has 1 heterocycles. The zero-order valence-corrected chi connectivity index (χ0v) is 24.4. The second-order valence-electron chi connectivity index (χ2n) is 10.8. The topological polar surface area (TPSA) is 97.8 Å². The highest BCUT2D eigenvalue weighted by Gasteiger charge is 2.46. The summed E-state index contributed by atoms with van der Waals surface area (Å²) in [4.78, 5) is 30.4. The van der Waals surface area contributed by atoms with Gasteiger partial charge < -0.3 is 33.9 Å². The van der Waals surface area contributed by atoms with Crippen molar-refractivity contribution in [1.29, 1.82) is 0 Å². The van der Waals surface area contributed by atoms with E-state index in [9.17, 15) is 14.7 Å². The summed E-state index contributed by atoms with van der Waals surface area (Å²) in [5.41, 5.74) is 1.54. The average molecular weight is 541 g/mol. The lowest BCUT2D eigenvalue weighted by Gasteiger charge is -2.27. The highest BCUT2D eigenvalue weighted by atomic mass is 16.5. The molecule has 0 aliphatic carbocycles. The number of hydrogen-bond acceptors (Lipinski definition) is 8. The van der Waals surface area contributed by atoms with E-state index in [0.717, 1.165) is 12.1 Å². The third-order valence-corrected chi connectivity index (χ3v) is 6.83. The smallest absolute Gasteiger partial charge is 0.295 e. The van der Waals surface area contributed by atoms with Crippen LogP contribution in [-0.2, 0) is 15.0 Å². The minimum Gasteiger partial charge on any atom is -0.507 e. The van der Waals surface area contributed by atoms with Gasteiger partial charge in [-0.25, -0.2) is 0 Å². The number of Topliss-reactive ketones (excluding diaryl/α,β-unsaturated/α-hetero) is 1. The Morgan fingerprint density at radius 1 is 0.923 bits per heavy atom. The molecule has 1 amide bonds. The van der Waals surface area contributed by atoms with Gasteiger partial charge in [0.1, 0.15) is 11.5 Å². The Morgan fingerprint density at radius 3 is 2.00 bits per heavy atom. The van der Waals surface area contributed by atoms with Crippen LogP contribution in [0.4, 0.5) is 0 Å². The molecule has 212 valence electrons. The van der Waals surface area contributed by atoms with Crippen molar-refractivity contribution in [1.82, 2.24) is 9.80 Å². The van der Waals surface area contributed by atoms with E-state index in [1.807, 2.05) is 39.8 Å². The van der Waals surface area contributed by atoms with Crippen molar-refractivity contribution in [2.45, 2.75) is 38.6 Å². The van der Waals surface area contributed by atoms with Crippen molar-refractivity contribution in [3.05, 3.63) is 52.6 Å². The molecule has 3 rings (SSSR count). The predicted molar refractivity (Wildman–Crippen MR) is 150 cm³/mol. The van der Waals surface area contributed by atoms with E-state index < -0.39 is 17.7 Å². The lowest BCUT2D eigenvalue weighted by atomic mass is 9.84. The number of aliphatic hydroxyl groups excluding tert-OH is 1. The number of rotatable bonds is 10. The molecule has 0 saturated carbocycles. The van der Waals surface area contributed by atoms with Gasteiger partial charge in [-0.05, 0) is 68.4 Å². The number of amides is 1. The van der Waals surface area contributed by atoms with Crippen LogP contribution in [0.5, 0.6) is 23.0 Å². The van der Waals surface area contributed by atoms with Crippen LogP contribution in [0.2, 0.25) is 0 Å². The van der Waals surface area contributed by atoms with Gasteiger partial charge in [0.2, 0.25) is 5.75 Å². The van der Waals surface area contributed by atoms with Crippen LogP contribution in [0, 0.1) is 0 Å². The number of ketones is 1. The number of benzene rings is 2. The summed E-state index contributed by atoms with van der Waals surface area (Å²) in [5.74, 6) is 0.149. The fraction of sp³-hybridized carbons (Fsp3) is 0.467. The second kappa shape index (κ2) is 12.0. The summed E-state index contributed by atoms with van der Waals surface area (Å²) in [7, 11) is 9.99. The van der Waals surface area contributed by atoms with E-state index in [1.165, 1.54) is 26.2 Å². The summed E-state index contributed by atoms with van der Waals surface area (Å²) in [5, 5.41) is 11.6. The minimum atomic E-state index is -0.860. The number of ether oxygens (including phenoxy) is 4. The molecule has 2 aromatic rings. The third-order valence-electron chi connectivity index (χ3n) is 6.83. The monoisotopic (exact) mass is 540 g/mol. The Hall–Kier alpha value is -3.72. The van der Waals surface area contributed by atoms with E-state index in [-0.39, 0.29) is 16.7 Å². The molecule has 1 N–H and O–H groups in total. The van der Waals surface area contributed by atoms with Gasteiger partial charge in [0, 0.05) is 17.7 Å². The molecule has 9 nitrogen and oxygen atoms in total. The molecule has 0 aromatic heterocycles. The number of likely N-dealkylation sites (tertiary alicyclic amines) is 1. The summed E-state index contributed by atoms with van der Waals surface area (Å²) in [6.45, 7) is 7.14. The molecule has 9 heteroatoms. The van der Waals surface area contributed by atoms with Crippen LogP contribution in [0.15, 0.2) is 35.9 Å². The van der Waals surface area contributed by atoms with E-state index >= 15 is 0 Å². The Bertz CT molecular complexity index is 1240. The van der Waals surface area contributed by atoms with E-state index in [0.29, 0.717) is 47.1 Å². The van der Waals surface area contributed by atoms with Crippen LogP contribution in [0.1, 0.15) is 49.9 Å². The first-order valence-electron chi connectivity index (χ1n) is 12.8. The fourth-order valence-corrected chi connectivity index (χ4v) is 4.87. The quantitative estimate of drug-likeness (QED) is 0.269. The normalized spacial score (nSPS) is 17.1. The number of methoxy groups -OCH3 is 4. The number of hydrogen-bond donors (Lipinski definition) is 1. The fourth-order valence-electron chi connectivity index (χ4n) is 4.87. The molecule has 1 saturated heterocycles. The SMILES string of the molecule is COc1ccc(/C(O)=C2\C(=O)C(=O)N(CCCN(C)C)C2c2cc(OC)c(OC)c(OC)c2)cc1C(C)(C)C. The zero-order chi connectivity index (χ0) is 29.1. The Morgan fingerprint density at radius 2 is 1.51 bits per heavy atom. The summed E-state index contributed by atoms with van der Waals surface area (Å²) in [6.07, 6.45) is 0.637. The highest BCUT2D eigenvalue weighted by molar-refractivity contribution is 6.46. The first-order valence-corrected chi connectivity index (χ1v) is 12.8. The van der Waals surface area contributed by atoms with Crippen molar-refractivity contribution in [2.24, 2.45) is 0 Å². The average Bonchev–Trinajstić information content (AvgIpc) is 3.15. The van der Waals surface area contributed by atoms with Crippen LogP contribution in [0.3, 0.4) is 0 Å². The van der Waals surface area contributed by atoms with E-state index in [1.54, 1.807) is 37.4 Å². The summed E-state index contributed by atoms with van der Waals surface area (Å²) < 4.78 is 22.1. The molecule has 1 unspecified atom stereocenters. The number of carbonyl (C=O) groups is 2. The highest BCUT2D eigenvalue weighted by Crippen LogP contribution is 2.46.